The Hall–Kier alpha value is -1.32. The van der Waals surface area contributed by atoms with E-state index in [-0.39, 0.29) is 17.9 Å². The van der Waals surface area contributed by atoms with Crippen molar-refractivity contribution in [2.75, 3.05) is 32.7 Å². The Bertz CT molecular complexity index is 621. The van der Waals surface area contributed by atoms with E-state index in [1.807, 2.05) is 27.7 Å². The van der Waals surface area contributed by atoms with Crippen LogP contribution in [-0.2, 0) is 12.0 Å². The van der Waals surface area contributed by atoms with Gasteiger partial charge in [-0.3, -0.25) is 14.4 Å². The molecule has 10 heteroatoms. The molecule has 1 unspecified atom stereocenters. The zero-order valence-electron chi connectivity index (χ0n) is 16.2. The highest BCUT2D eigenvalue weighted by molar-refractivity contribution is 5.95. The second kappa shape index (κ2) is 9.25. The average molecular weight is 412 g/mol. The highest BCUT2D eigenvalue weighted by Crippen LogP contribution is 2.25. The lowest BCUT2D eigenvalue weighted by Crippen LogP contribution is -2.57. The van der Waals surface area contributed by atoms with Gasteiger partial charge in [0.1, 0.15) is 6.04 Å². The molecule has 0 radical (unpaired) electrons. The van der Waals surface area contributed by atoms with Crippen molar-refractivity contribution in [3.8, 4) is 0 Å². The third-order valence-electron chi connectivity index (χ3n) is 4.51. The summed E-state index contributed by atoms with van der Waals surface area (Å²) in [5.41, 5.74) is 0.753. The monoisotopic (exact) mass is 411 g/mol. The molecule has 6 nitrogen and oxygen atoms in total. The number of amides is 1. The molecule has 2 N–H and O–H groups in total. The van der Waals surface area contributed by atoms with Crippen LogP contribution in [-0.4, -0.2) is 65.5 Å². The van der Waals surface area contributed by atoms with E-state index in [2.05, 4.69) is 15.7 Å². The minimum Gasteiger partial charge on any atom is -0.350 e. The third kappa shape index (κ3) is 5.83. The summed E-state index contributed by atoms with van der Waals surface area (Å²) >= 11 is 0. The summed E-state index contributed by atoms with van der Waals surface area (Å²) in [6.07, 6.45) is -2.39. The molecule has 0 aliphatic carbocycles. The van der Waals surface area contributed by atoms with Gasteiger partial charge in [-0.2, -0.15) is 18.3 Å². The van der Waals surface area contributed by atoms with Crippen LogP contribution in [0.25, 0.3) is 0 Å². The number of piperazine rings is 1. The van der Waals surface area contributed by atoms with E-state index in [9.17, 15) is 18.0 Å². The minimum atomic E-state index is -4.40. The molecule has 0 aromatic carbocycles. The fourth-order valence-corrected chi connectivity index (χ4v) is 3.21. The van der Waals surface area contributed by atoms with Crippen molar-refractivity contribution in [3.63, 3.8) is 0 Å². The molecule has 27 heavy (non-hydrogen) atoms. The van der Waals surface area contributed by atoms with Gasteiger partial charge < -0.3 is 10.6 Å². The Labute approximate surface area is 164 Å². The predicted octanol–water partition coefficient (Wildman–Crippen LogP) is 2.19. The second-order valence-electron chi connectivity index (χ2n) is 7.49. The number of nitrogens with zero attached hydrogens (tertiary/aromatic N) is 3. The van der Waals surface area contributed by atoms with Crippen LogP contribution in [0, 0.1) is 0 Å². The Morgan fingerprint density at radius 2 is 1.89 bits per heavy atom. The van der Waals surface area contributed by atoms with E-state index in [1.54, 1.807) is 4.68 Å². The van der Waals surface area contributed by atoms with Crippen molar-refractivity contribution < 1.29 is 18.0 Å². The summed E-state index contributed by atoms with van der Waals surface area (Å²) in [6.45, 7) is 8.96. The van der Waals surface area contributed by atoms with Crippen LogP contribution < -0.4 is 10.6 Å². The first kappa shape index (κ1) is 23.7. The van der Waals surface area contributed by atoms with Crippen LogP contribution >= 0.6 is 12.4 Å². The predicted molar refractivity (Wildman–Crippen MR) is 100 cm³/mol. The number of hydrogen-bond acceptors (Lipinski definition) is 4. The van der Waals surface area contributed by atoms with E-state index < -0.39 is 24.7 Å². The van der Waals surface area contributed by atoms with Gasteiger partial charge in [0.25, 0.3) is 5.91 Å². The zero-order valence-corrected chi connectivity index (χ0v) is 17.0. The van der Waals surface area contributed by atoms with E-state index in [0.717, 1.165) is 5.69 Å². The van der Waals surface area contributed by atoms with Crippen molar-refractivity contribution in [1.82, 2.24) is 25.3 Å². The highest BCUT2D eigenvalue weighted by atomic mass is 35.5. The number of alkyl halides is 3. The standard InChI is InChI=1S/C17H28F3N5O.ClH/c1-5-13-12(10-23-25(13)16(2,3)4)15(26)22-11-14(17(18,19)20)24-8-6-21-7-9-24;/h10,14,21H,5-9,11H2,1-4H3,(H,22,26);1H. The molecule has 0 spiro atoms. The molecule has 0 bridgehead atoms. The highest BCUT2D eigenvalue weighted by Gasteiger charge is 2.44. The normalized spacial score (nSPS) is 17.3. The van der Waals surface area contributed by atoms with Gasteiger partial charge in [0.15, 0.2) is 0 Å². The number of aromatic nitrogens is 2. The maximum Gasteiger partial charge on any atom is 0.405 e. The molecule has 2 rings (SSSR count). The van der Waals surface area contributed by atoms with Gasteiger partial charge in [0, 0.05) is 32.7 Å². The second-order valence-corrected chi connectivity index (χ2v) is 7.49. The molecule has 156 valence electrons. The summed E-state index contributed by atoms with van der Waals surface area (Å²) in [5, 5.41) is 9.76. The molecule has 1 amide bonds. The quantitative estimate of drug-likeness (QED) is 0.779. The largest absolute Gasteiger partial charge is 0.405 e. The number of halogens is 4. The molecule has 1 aliphatic heterocycles. The summed E-state index contributed by atoms with van der Waals surface area (Å²) in [4.78, 5) is 13.9. The molecule has 2 heterocycles. The van der Waals surface area contributed by atoms with Gasteiger partial charge in [-0.25, -0.2) is 0 Å². The fraction of sp³-hybridized carbons (Fsp3) is 0.765. The van der Waals surface area contributed by atoms with Crippen LogP contribution in [0.2, 0.25) is 0 Å². The molecule has 1 saturated heterocycles. The van der Waals surface area contributed by atoms with Crippen LogP contribution in [0.4, 0.5) is 13.2 Å². The smallest absolute Gasteiger partial charge is 0.350 e. The molecule has 0 saturated carbocycles. The van der Waals surface area contributed by atoms with Crippen molar-refractivity contribution >= 4 is 18.3 Å². The summed E-state index contributed by atoms with van der Waals surface area (Å²) in [6, 6.07) is -1.68. The van der Waals surface area contributed by atoms with Crippen LogP contribution in [0.5, 0.6) is 0 Å². The van der Waals surface area contributed by atoms with E-state index in [4.69, 9.17) is 0 Å². The summed E-state index contributed by atoms with van der Waals surface area (Å²) < 4.78 is 42.0. The summed E-state index contributed by atoms with van der Waals surface area (Å²) in [7, 11) is 0. The van der Waals surface area contributed by atoms with Crippen LogP contribution in [0.15, 0.2) is 6.20 Å². The lowest BCUT2D eigenvalue weighted by atomic mass is 10.1. The molecule has 1 aromatic rings. The van der Waals surface area contributed by atoms with Gasteiger partial charge in [0.05, 0.1) is 23.0 Å². The van der Waals surface area contributed by atoms with Gasteiger partial charge in [0.2, 0.25) is 0 Å². The van der Waals surface area contributed by atoms with Crippen LogP contribution in [0.3, 0.4) is 0 Å². The number of carbonyl (C=O) groups excluding carboxylic acids is 1. The van der Waals surface area contributed by atoms with Crippen molar-refractivity contribution in [1.29, 1.82) is 0 Å². The van der Waals surface area contributed by atoms with Gasteiger partial charge in [-0.15, -0.1) is 12.4 Å². The van der Waals surface area contributed by atoms with Gasteiger partial charge in [-0.05, 0) is 27.2 Å². The van der Waals surface area contributed by atoms with Gasteiger partial charge in [-0.1, -0.05) is 6.92 Å². The Morgan fingerprint density at radius 1 is 1.30 bits per heavy atom. The maximum atomic E-state index is 13.4. The van der Waals surface area contributed by atoms with Crippen LogP contribution in [0.1, 0.15) is 43.7 Å². The third-order valence-corrected chi connectivity index (χ3v) is 4.51. The lowest BCUT2D eigenvalue weighted by molar-refractivity contribution is -0.183. The van der Waals surface area contributed by atoms with Crippen molar-refractivity contribution in [2.45, 2.75) is 51.9 Å². The Morgan fingerprint density at radius 3 is 2.37 bits per heavy atom. The maximum absolute atomic E-state index is 13.4. The fourth-order valence-electron chi connectivity index (χ4n) is 3.21. The summed E-state index contributed by atoms with van der Waals surface area (Å²) in [5.74, 6) is -0.512. The molecular weight excluding hydrogens is 383 g/mol. The zero-order chi connectivity index (χ0) is 19.5. The van der Waals surface area contributed by atoms with Gasteiger partial charge >= 0.3 is 6.18 Å². The first-order valence-electron chi connectivity index (χ1n) is 8.92. The Kier molecular flexibility index (Phi) is 8.13. The van der Waals surface area contributed by atoms with E-state index in [1.165, 1.54) is 11.1 Å². The topological polar surface area (TPSA) is 62.2 Å². The molecule has 1 aliphatic rings. The number of nitrogens with one attached hydrogen (secondary N) is 2. The SMILES string of the molecule is CCc1c(C(=O)NCC(N2CCNCC2)C(F)(F)F)cnn1C(C)(C)C.Cl. The van der Waals surface area contributed by atoms with Crippen molar-refractivity contribution in [2.24, 2.45) is 0 Å². The average Bonchev–Trinajstić information content (AvgIpc) is 2.99. The Balaban J connectivity index is 0.00000364. The first-order valence-corrected chi connectivity index (χ1v) is 8.92. The first-order chi connectivity index (χ1) is 12.1. The number of hydrogen-bond donors (Lipinski definition) is 2. The number of carbonyl (C=O) groups is 1. The molecule has 1 atom stereocenters. The number of rotatable bonds is 5. The van der Waals surface area contributed by atoms with E-state index in [0.29, 0.717) is 38.2 Å². The van der Waals surface area contributed by atoms with E-state index >= 15 is 0 Å². The minimum absolute atomic E-state index is 0. The molecule has 1 fully saturated rings. The lowest BCUT2D eigenvalue weighted by Gasteiger charge is -2.35. The molecular formula is C17H29ClF3N5O. The van der Waals surface area contributed by atoms with Crippen molar-refractivity contribution in [3.05, 3.63) is 17.5 Å². The molecule has 1 aromatic heterocycles.